The van der Waals surface area contributed by atoms with Crippen molar-refractivity contribution in [2.24, 2.45) is 0 Å². The molecule has 0 aliphatic heterocycles. The van der Waals surface area contributed by atoms with Gasteiger partial charge >= 0.3 is 0 Å². The van der Waals surface area contributed by atoms with Gasteiger partial charge in [0.05, 0.1) is 16.7 Å². The summed E-state index contributed by atoms with van der Waals surface area (Å²) in [6, 6.07) is 11.0. The van der Waals surface area contributed by atoms with E-state index in [0.717, 1.165) is 18.4 Å². The minimum atomic E-state index is -0.387. The Bertz CT molecular complexity index is 641. The van der Waals surface area contributed by atoms with Crippen molar-refractivity contribution < 1.29 is 4.92 Å². The molecule has 1 N–H and O–H groups in total. The summed E-state index contributed by atoms with van der Waals surface area (Å²) >= 11 is 0. The van der Waals surface area contributed by atoms with Crippen LogP contribution >= 0.6 is 0 Å². The molecule has 0 unspecified atom stereocenters. The molecular weight excluding hydrogens is 266 g/mol. The fraction of sp³-hybridized carbons (Fsp3) is 0.312. The van der Waals surface area contributed by atoms with E-state index in [1.54, 1.807) is 0 Å². The summed E-state index contributed by atoms with van der Waals surface area (Å²) in [6.45, 7) is 4.73. The molecular formula is C16H19N3O2. The van der Waals surface area contributed by atoms with Crippen molar-refractivity contribution in [3.8, 4) is 11.3 Å². The van der Waals surface area contributed by atoms with Crippen molar-refractivity contribution in [2.75, 3.05) is 11.9 Å². The number of hydrogen-bond acceptors (Lipinski definition) is 4. The first-order chi connectivity index (χ1) is 10.1. The van der Waals surface area contributed by atoms with Crippen LogP contribution in [-0.2, 0) is 6.42 Å². The average Bonchev–Trinajstić information content (AvgIpc) is 2.48. The summed E-state index contributed by atoms with van der Waals surface area (Å²) < 4.78 is 0. The number of aromatic nitrogens is 1. The first kappa shape index (κ1) is 15.0. The number of aryl methyl sites for hydroxylation is 1. The quantitative estimate of drug-likeness (QED) is 0.642. The average molecular weight is 285 g/mol. The Morgan fingerprint density at radius 3 is 2.71 bits per heavy atom. The zero-order valence-electron chi connectivity index (χ0n) is 12.3. The van der Waals surface area contributed by atoms with E-state index in [1.807, 2.05) is 25.1 Å². The summed E-state index contributed by atoms with van der Waals surface area (Å²) in [5.74, 6) is 0.530. The first-order valence-electron chi connectivity index (χ1n) is 7.13. The van der Waals surface area contributed by atoms with Crippen LogP contribution in [0.5, 0.6) is 0 Å². The molecule has 0 bridgehead atoms. The molecule has 0 aliphatic rings. The molecule has 1 aromatic heterocycles. The number of nitrogens with one attached hydrogen (secondary N) is 1. The van der Waals surface area contributed by atoms with Crippen LogP contribution in [-0.4, -0.2) is 16.5 Å². The zero-order valence-corrected chi connectivity index (χ0v) is 12.3. The lowest BCUT2D eigenvalue weighted by atomic mass is 10.0. The minimum Gasteiger partial charge on any atom is -0.370 e. The summed E-state index contributed by atoms with van der Waals surface area (Å²) in [7, 11) is 0. The Morgan fingerprint density at radius 1 is 1.24 bits per heavy atom. The molecule has 5 nitrogen and oxygen atoms in total. The number of rotatable bonds is 6. The highest BCUT2D eigenvalue weighted by Gasteiger charge is 2.12. The van der Waals surface area contributed by atoms with Gasteiger partial charge in [0.15, 0.2) is 0 Å². The second kappa shape index (κ2) is 6.83. The normalized spacial score (nSPS) is 10.4. The molecule has 1 heterocycles. The summed E-state index contributed by atoms with van der Waals surface area (Å²) in [5.41, 5.74) is 2.80. The van der Waals surface area contributed by atoms with E-state index in [-0.39, 0.29) is 10.6 Å². The highest BCUT2D eigenvalue weighted by molar-refractivity contribution is 5.66. The molecule has 2 aromatic rings. The number of pyridine rings is 1. The monoisotopic (exact) mass is 285 g/mol. The standard InChI is InChI=1S/C16H19N3O2/c1-3-6-12-7-5-8-13(9-12)15-10-14(19(20)21)11-16(18-15)17-4-2/h5,7-11H,3-4,6H2,1-2H3,(H,17,18). The SMILES string of the molecule is CCCc1cccc(-c2cc([N+](=O)[O-])cc(NCC)n2)c1. The molecule has 0 saturated heterocycles. The molecule has 110 valence electrons. The van der Waals surface area contributed by atoms with E-state index in [2.05, 4.69) is 23.3 Å². The van der Waals surface area contributed by atoms with E-state index < -0.39 is 0 Å². The van der Waals surface area contributed by atoms with Gasteiger partial charge in [-0.25, -0.2) is 4.98 Å². The Hall–Kier alpha value is -2.43. The topological polar surface area (TPSA) is 68.1 Å². The van der Waals surface area contributed by atoms with Crippen LogP contribution in [0.3, 0.4) is 0 Å². The number of anilines is 1. The highest BCUT2D eigenvalue weighted by Crippen LogP contribution is 2.26. The van der Waals surface area contributed by atoms with Crippen LogP contribution in [0.1, 0.15) is 25.8 Å². The second-order valence-corrected chi connectivity index (χ2v) is 4.83. The molecule has 0 radical (unpaired) electrons. The summed E-state index contributed by atoms with van der Waals surface area (Å²) in [5, 5.41) is 14.1. The van der Waals surface area contributed by atoms with Crippen molar-refractivity contribution in [3.05, 3.63) is 52.1 Å². The van der Waals surface area contributed by atoms with Crippen LogP contribution in [0, 0.1) is 10.1 Å². The lowest BCUT2D eigenvalue weighted by molar-refractivity contribution is -0.384. The third-order valence-corrected chi connectivity index (χ3v) is 3.14. The molecule has 0 aliphatic carbocycles. The highest BCUT2D eigenvalue weighted by atomic mass is 16.6. The van der Waals surface area contributed by atoms with E-state index >= 15 is 0 Å². The fourth-order valence-electron chi connectivity index (χ4n) is 2.22. The minimum absolute atomic E-state index is 0.0526. The van der Waals surface area contributed by atoms with Gasteiger partial charge in [0, 0.05) is 18.2 Å². The van der Waals surface area contributed by atoms with Crippen molar-refractivity contribution in [1.29, 1.82) is 0 Å². The summed E-state index contributed by atoms with van der Waals surface area (Å²) in [4.78, 5) is 15.1. The molecule has 0 amide bonds. The molecule has 0 spiro atoms. The second-order valence-electron chi connectivity index (χ2n) is 4.83. The third kappa shape index (κ3) is 3.78. The van der Waals surface area contributed by atoms with Gasteiger partial charge < -0.3 is 5.32 Å². The molecule has 0 fully saturated rings. The lowest BCUT2D eigenvalue weighted by Gasteiger charge is -2.08. The van der Waals surface area contributed by atoms with Crippen molar-refractivity contribution in [1.82, 2.24) is 4.98 Å². The Morgan fingerprint density at radius 2 is 2.05 bits per heavy atom. The maximum atomic E-state index is 11.1. The number of hydrogen-bond donors (Lipinski definition) is 1. The number of benzene rings is 1. The van der Waals surface area contributed by atoms with Crippen molar-refractivity contribution in [2.45, 2.75) is 26.7 Å². The summed E-state index contributed by atoms with van der Waals surface area (Å²) in [6.07, 6.45) is 2.05. The largest absolute Gasteiger partial charge is 0.370 e. The Labute approximate surface area is 124 Å². The third-order valence-electron chi connectivity index (χ3n) is 3.14. The predicted molar refractivity (Wildman–Crippen MR) is 84.5 cm³/mol. The van der Waals surface area contributed by atoms with E-state index in [1.165, 1.54) is 17.7 Å². The van der Waals surface area contributed by atoms with Gasteiger partial charge in [0.1, 0.15) is 5.82 Å². The van der Waals surface area contributed by atoms with E-state index in [9.17, 15) is 10.1 Å². The van der Waals surface area contributed by atoms with Gasteiger partial charge in [0.25, 0.3) is 5.69 Å². The number of nitrogens with zero attached hydrogens (tertiary/aromatic N) is 2. The Balaban J connectivity index is 2.46. The molecule has 1 aromatic carbocycles. The molecule has 0 saturated carbocycles. The van der Waals surface area contributed by atoms with Gasteiger partial charge in [-0.2, -0.15) is 0 Å². The molecule has 0 atom stereocenters. The van der Waals surface area contributed by atoms with E-state index in [4.69, 9.17) is 0 Å². The van der Waals surface area contributed by atoms with Gasteiger partial charge in [0.2, 0.25) is 0 Å². The van der Waals surface area contributed by atoms with Crippen molar-refractivity contribution >= 4 is 11.5 Å². The van der Waals surface area contributed by atoms with Crippen LogP contribution in [0.2, 0.25) is 0 Å². The van der Waals surface area contributed by atoms with Gasteiger partial charge in [-0.3, -0.25) is 10.1 Å². The molecule has 21 heavy (non-hydrogen) atoms. The maximum Gasteiger partial charge on any atom is 0.275 e. The van der Waals surface area contributed by atoms with Crippen molar-refractivity contribution in [3.63, 3.8) is 0 Å². The van der Waals surface area contributed by atoms with Crippen LogP contribution < -0.4 is 5.32 Å². The smallest absolute Gasteiger partial charge is 0.275 e. The van der Waals surface area contributed by atoms with Crippen LogP contribution in [0.25, 0.3) is 11.3 Å². The Kier molecular flexibility index (Phi) is 4.87. The van der Waals surface area contributed by atoms with Gasteiger partial charge in [-0.1, -0.05) is 31.5 Å². The zero-order chi connectivity index (χ0) is 15.2. The van der Waals surface area contributed by atoms with Gasteiger partial charge in [-0.05, 0) is 25.0 Å². The number of nitro groups is 1. The maximum absolute atomic E-state index is 11.1. The van der Waals surface area contributed by atoms with E-state index in [0.29, 0.717) is 18.1 Å². The molecule has 2 rings (SSSR count). The lowest BCUT2D eigenvalue weighted by Crippen LogP contribution is -2.01. The van der Waals surface area contributed by atoms with Crippen LogP contribution in [0.15, 0.2) is 36.4 Å². The fourth-order valence-corrected chi connectivity index (χ4v) is 2.22. The molecule has 5 heteroatoms. The predicted octanol–water partition coefficient (Wildman–Crippen LogP) is 4.04. The van der Waals surface area contributed by atoms with Gasteiger partial charge in [-0.15, -0.1) is 0 Å². The first-order valence-corrected chi connectivity index (χ1v) is 7.13. The van der Waals surface area contributed by atoms with Crippen LogP contribution in [0.4, 0.5) is 11.5 Å².